The normalized spacial score (nSPS) is 13.9. The van der Waals surface area contributed by atoms with Gasteiger partial charge in [0.1, 0.15) is 5.58 Å². The molecule has 0 amide bonds. The maximum Gasteiger partial charge on any atom is 0.121 e. The Morgan fingerprint density at radius 1 is 0.655 bits per heavy atom. The predicted octanol–water partition coefficient (Wildman–Crippen LogP) is 14.6. The van der Waals surface area contributed by atoms with E-state index in [1.807, 2.05) is 101 Å². The minimum absolute atomic E-state index is 0. The Hall–Kier alpha value is -4.93. The van der Waals surface area contributed by atoms with E-state index in [2.05, 4.69) is 84.2 Å². The van der Waals surface area contributed by atoms with Crippen molar-refractivity contribution in [2.75, 3.05) is 0 Å². The number of pyridine rings is 2. The van der Waals surface area contributed by atoms with Crippen LogP contribution in [0.3, 0.4) is 0 Å². The van der Waals surface area contributed by atoms with Crippen LogP contribution in [0.5, 0.6) is 0 Å². The van der Waals surface area contributed by atoms with Crippen LogP contribution < -0.4 is 5.19 Å². The van der Waals surface area contributed by atoms with Gasteiger partial charge >= 0.3 is 0 Å². The molecule has 8 rings (SSSR count). The summed E-state index contributed by atoms with van der Waals surface area (Å²) in [7, 11) is -1.56. The molecule has 0 spiro atoms. The number of hydrogen-bond donors (Lipinski definition) is 0. The Balaban J connectivity index is 0.000000235. The molecule has 3 nitrogen and oxygen atoms in total. The molecule has 0 saturated carbocycles. The van der Waals surface area contributed by atoms with Crippen molar-refractivity contribution in [1.82, 2.24) is 9.97 Å². The van der Waals surface area contributed by atoms with Crippen molar-refractivity contribution < 1.29 is 32.7 Å². The molecule has 8 aromatic rings. The van der Waals surface area contributed by atoms with Gasteiger partial charge in [0, 0.05) is 46.1 Å². The fraction of sp³-hybridized carbons (Fsp3) is 0.245. The molecule has 297 valence electrons. The van der Waals surface area contributed by atoms with Gasteiger partial charge in [-0.2, -0.15) is 0 Å². The van der Waals surface area contributed by atoms with Gasteiger partial charge in [0.05, 0.1) is 13.7 Å². The van der Waals surface area contributed by atoms with E-state index in [0.717, 1.165) is 61.0 Å². The molecular weight excluding hydrogens is 901 g/mol. The molecular formula is C53H54IrN2OSi-2. The Kier molecular flexibility index (Phi) is 10.8. The van der Waals surface area contributed by atoms with E-state index in [4.69, 9.17) is 12.6 Å². The molecule has 0 N–H and O–H groups in total. The fourth-order valence-electron chi connectivity index (χ4n) is 7.18. The second kappa shape index (κ2) is 17.9. The molecule has 58 heavy (non-hydrogen) atoms. The van der Waals surface area contributed by atoms with Gasteiger partial charge in [-0.3, -0.25) is 0 Å². The third-order valence-electron chi connectivity index (χ3n) is 10.4. The first kappa shape index (κ1) is 35.0. The first-order chi connectivity index (χ1) is 29.4. The van der Waals surface area contributed by atoms with E-state index in [0.29, 0.717) is 22.4 Å². The number of aryl methyl sites for hydroxylation is 1. The van der Waals surface area contributed by atoms with Crippen LogP contribution in [0, 0.1) is 19.0 Å². The minimum atomic E-state index is -2.37. The van der Waals surface area contributed by atoms with Gasteiger partial charge < -0.3 is 14.4 Å². The van der Waals surface area contributed by atoms with E-state index in [9.17, 15) is 0 Å². The molecule has 0 saturated heterocycles. The molecule has 3 heterocycles. The molecule has 3 aromatic heterocycles. The number of furan rings is 1. The predicted molar refractivity (Wildman–Crippen MR) is 245 cm³/mol. The number of hydrogen-bond acceptors (Lipinski definition) is 3. The zero-order chi connectivity index (χ0) is 45.7. The van der Waals surface area contributed by atoms with Crippen LogP contribution >= 0.6 is 0 Å². The molecule has 5 aromatic carbocycles. The van der Waals surface area contributed by atoms with Gasteiger partial charge in [-0.15, -0.1) is 47.5 Å². The summed E-state index contributed by atoms with van der Waals surface area (Å²) in [6, 6.07) is 44.7. The van der Waals surface area contributed by atoms with E-state index in [1.165, 1.54) is 11.4 Å². The summed E-state index contributed by atoms with van der Waals surface area (Å²) in [5.41, 5.74) is 10.9. The van der Waals surface area contributed by atoms with E-state index < -0.39 is 32.6 Å². The number of benzene rings is 5. The van der Waals surface area contributed by atoms with Gasteiger partial charge in [-0.1, -0.05) is 174 Å². The molecule has 0 aliphatic rings. The van der Waals surface area contributed by atoms with Crippen LogP contribution in [-0.2, 0) is 20.1 Å². The zero-order valence-corrected chi connectivity index (χ0v) is 38.2. The average molecular weight is 961 g/mol. The molecule has 0 aliphatic carbocycles. The molecule has 0 atom stereocenters. The number of nitrogens with zero attached hydrogens (tertiary/aromatic N) is 2. The topological polar surface area (TPSA) is 38.9 Å². The summed E-state index contributed by atoms with van der Waals surface area (Å²) in [6.45, 7) is 15.5. The van der Waals surface area contributed by atoms with Crippen LogP contribution in [0.25, 0.3) is 66.7 Å². The smallest absolute Gasteiger partial charge is 0.121 e. The van der Waals surface area contributed by atoms with Crippen LogP contribution in [-0.4, -0.2) is 18.0 Å². The largest absolute Gasteiger partial charge is 0.501 e. The third kappa shape index (κ3) is 9.03. The summed E-state index contributed by atoms with van der Waals surface area (Å²) in [5, 5.41) is 3.16. The van der Waals surface area contributed by atoms with E-state index in [-0.39, 0.29) is 25.7 Å². The molecule has 0 unspecified atom stereocenters. The van der Waals surface area contributed by atoms with Gasteiger partial charge in [0.15, 0.2) is 0 Å². The summed E-state index contributed by atoms with van der Waals surface area (Å²) >= 11 is 0. The average Bonchev–Trinajstić information content (AvgIpc) is 3.61. The fourth-order valence-corrected chi connectivity index (χ4v) is 8.76. The second-order valence-electron chi connectivity index (χ2n) is 16.3. The van der Waals surface area contributed by atoms with E-state index in [1.54, 1.807) is 19.9 Å². The number of fused-ring (bicyclic) bond motifs is 3. The summed E-state index contributed by atoms with van der Waals surface area (Å²) < 4.78 is 55.7. The van der Waals surface area contributed by atoms with Gasteiger partial charge in [-0.05, 0) is 68.9 Å². The van der Waals surface area contributed by atoms with Crippen molar-refractivity contribution in [2.45, 2.75) is 85.7 Å². The van der Waals surface area contributed by atoms with Gasteiger partial charge in [0.25, 0.3) is 0 Å². The summed E-state index contributed by atoms with van der Waals surface area (Å²) in [5.74, 6) is -2.42. The van der Waals surface area contributed by atoms with Crippen molar-refractivity contribution in [1.29, 1.82) is 0 Å². The van der Waals surface area contributed by atoms with Crippen LogP contribution in [0.1, 0.15) is 89.7 Å². The minimum Gasteiger partial charge on any atom is -0.501 e. The second-order valence-corrected chi connectivity index (χ2v) is 21.3. The molecule has 0 fully saturated rings. The molecule has 0 bridgehead atoms. The molecule has 5 heteroatoms. The van der Waals surface area contributed by atoms with Crippen LogP contribution in [0.4, 0.5) is 0 Å². The zero-order valence-electron chi connectivity index (χ0n) is 40.8. The Morgan fingerprint density at radius 3 is 1.91 bits per heavy atom. The van der Waals surface area contributed by atoms with Crippen molar-refractivity contribution in [3.63, 3.8) is 0 Å². The Morgan fingerprint density at radius 2 is 1.31 bits per heavy atom. The van der Waals surface area contributed by atoms with E-state index >= 15 is 0 Å². The quantitative estimate of drug-likeness (QED) is 0.113. The SMILES string of the molecule is [2H]C(C)(C)c1c[c-]c(-c2cc(C([2H])(C)C)c([Si](C)(C)C)cn2)cc1.[2H]C([2H])([2H])c1cnc(-c2[c-]cc(-c3ccccc3)c3c2oc2cc(-c4ccccc4)ccc23)cc1C([2H])(C)C.[Ir]. The molecule has 1 radical (unpaired) electrons. The third-order valence-corrected chi connectivity index (χ3v) is 12.4. The molecule has 0 aliphatic heterocycles. The first-order valence-corrected chi connectivity index (χ1v) is 23.0. The van der Waals surface area contributed by atoms with Crippen molar-refractivity contribution in [3.05, 3.63) is 162 Å². The summed E-state index contributed by atoms with van der Waals surface area (Å²) in [4.78, 5) is 9.20. The van der Waals surface area contributed by atoms with Crippen molar-refractivity contribution in [2.24, 2.45) is 0 Å². The van der Waals surface area contributed by atoms with Gasteiger partial charge in [0.2, 0.25) is 0 Å². The Bertz CT molecular complexity index is 2910. The maximum absolute atomic E-state index is 8.64. The van der Waals surface area contributed by atoms with Gasteiger partial charge in [-0.25, -0.2) is 0 Å². The van der Waals surface area contributed by atoms with Crippen molar-refractivity contribution in [3.8, 4) is 44.8 Å². The first-order valence-electron chi connectivity index (χ1n) is 22.5. The standard InChI is InChI=1S/C33H26NO.C20H28NSi.Ir/c1-21(2)29-19-30(34-20-22(29)3)27-17-16-26(24-12-8-5-9-13-24)32-28-15-14-25(18-31(28)35-33(27)32)23-10-6-4-7-11-23;1-14(2)16-8-10-17(11-9-16)19-12-18(15(3)4)20(13-21-19)22(5,6)7;/h4-16,18-21H,1-3H3;8-10,12-15H,1-7H3;/q2*-1;/i3D3,21D;14D,15D;. The van der Waals surface area contributed by atoms with Crippen molar-refractivity contribution >= 4 is 35.2 Å². The summed E-state index contributed by atoms with van der Waals surface area (Å²) in [6.07, 6.45) is 3.33. The monoisotopic (exact) mass is 961 g/mol. The van der Waals surface area contributed by atoms with Crippen LogP contribution in [0.15, 0.2) is 132 Å². The number of aromatic nitrogens is 2. The number of rotatable bonds is 8. The maximum atomic E-state index is 8.64. The van der Waals surface area contributed by atoms with Crippen LogP contribution in [0.2, 0.25) is 19.6 Å². The Labute approximate surface area is 368 Å².